The second-order valence-electron chi connectivity index (χ2n) is 4.39. The Morgan fingerprint density at radius 2 is 2.18 bits per heavy atom. The second kappa shape index (κ2) is 5.00. The molecule has 5 nitrogen and oxygen atoms in total. The Labute approximate surface area is 102 Å². The van der Waals surface area contributed by atoms with Crippen LogP contribution < -0.4 is 0 Å². The number of hydrogen-bond donors (Lipinski definition) is 0. The lowest BCUT2D eigenvalue weighted by molar-refractivity contribution is 0.0783. The van der Waals surface area contributed by atoms with Gasteiger partial charge in [0.15, 0.2) is 0 Å². The van der Waals surface area contributed by atoms with E-state index in [0.29, 0.717) is 12.1 Å². The summed E-state index contributed by atoms with van der Waals surface area (Å²) in [7, 11) is 3.53. The first-order valence-corrected chi connectivity index (χ1v) is 5.53. The lowest BCUT2D eigenvalue weighted by atomic mass is 10.1. The molecule has 0 aliphatic rings. The summed E-state index contributed by atoms with van der Waals surface area (Å²) in [6.07, 6.45) is 0. The zero-order valence-electron chi connectivity index (χ0n) is 11.0. The summed E-state index contributed by atoms with van der Waals surface area (Å²) >= 11 is 0. The first kappa shape index (κ1) is 13.2. The van der Waals surface area contributed by atoms with Crippen molar-refractivity contribution in [2.75, 3.05) is 13.6 Å². The number of carbonyl (C=O) groups excluding carboxylic acids is 1. The van der Waals surface area contributed by atoms with Gasteiger partial charge < -0.3 is 4.90 Å². The van der Waals surface area contributed by atoms with E-state index in [1.165, 1.54) is 0 Å². The van der Waals surface area contributed by atoms with Crippen LogP contribution in [0, 0.1) is 31.1 Å². The first-order chi connectivity index (χ1) is 7.88. The van der Waals surface area contributed by atoms with Gasteiger partial charge in [-0.2, -0.15) is 10.4 Å². The minimum atomic E-state index is -0.166. The summed E-state index contributed by atoms with van der Waals surface area (Å²) in [5.41, 5.74) is 2.22. The zero-order valence-corrected chi connectivity index (χ0v) is 11.0. The van der Waals surface area contributed by atoms with E-state index in [9.17, 15) is 4.79 Å². The van der Waals surface area contributed by atoms with E-state index in [2.05, 4.69) is 11.2 Å². The highest BCUT2D eigenvalue weighted by atomic mass is 16.2. The number of nitrogens with zero attached hydrogens (tertiary/aromatic N) is 4. The van der Waals surface area contributed by atoms with E-state index in [0.717, 1.165) is 11.4 Å². The first-order valence-electron chi connectivity index (χ1n) is 5.53. The highest BCUT2D eigenvalue weighted by Gasteiger charge is 2.21. The maximum Gasteiger partial charge on any atom is 0.257 e. The molecule has 0 fully saturated rings. The molecule has 5 heteroatoms. The van der Waals surface area contributed by atoms with Crippen LogP contribution in [0.3, 0.4) is 0 Å². The Morgan fingerprint density at radius 3 is 2.59 bits per heavy atom. The van der Waals surface area contributed by atoms with Gasteiger partial charge in [0.2, 0.25) is 0 Å². The molecule has 0 saturated heterocycles. The number of aryl methyl sites for hydroxylation is 2. The van der Waals surface area contributed by atoms with Gasteiger partial charge in [0.1, 0.15) is 0 Å². The Morgan fingerprint density at radius 1 is 1.59 bits per heavy atom. The van der Waals surface area contributed by atoms with E-state index in [1.807, 2.05) is 20.9 Å². The summed E-state index contributed by atoms with van der Waals surface area (Å²) in [5.74, 6) is -0.239. The molecule has 0 aliphatic heterocycles. The number of nitriles is 1. The Hall–Kier alpha value is -1.83. The standard InChI is InChI=1S/C12H18N4O/c1-8(6-13)7-15(4)12(17)11-9(2)14-16(5)10(11)3/h8H,7H2,1-5H3. The molecule has 1 heterocycles. The number of carbonyl (C=O) groups is 1. The second-order valence-corrected chi connectivity index (χ2v) is 4.39. The molecule has 0 aromatic carbocycles. The average Bonchev–Trinajstić information content (AvgIpc) is 2.52. The normalized spacial score (nSPS) is 12.0. The maximum absolute atomic E-state index is 12.2. The summed E-state index contributed by atoms with van der Waals surface area (Å²) in [6.45, 7) is 5.92. The summed E-state index contributed by atoms with van der Waals surface area (Å²) in [5, 5.41) is 13.0. The largest absolute Gasteiger partial charge is 0.340 e. The van der Waals surface area contributed by atoms with Gasteiger partial charge in [-0.15, -0.1) is 0 Å². The van der Waals surface area contributed by atoms with Gasteiger partial charge in [0, 0.05) is 26.3 Å². The summed E-state index contributed by atoms with van der Waals surface area (Å²) in [4.78, 5) is 13.8. The molecule has 1 amide bonds. The van der Waals surface area contributed by atoms with Crippen molar-refractivity contribution in [1.82, 2.24) is 14.7 Å². The quantitative estimate of drug-likeness (QED) is 0.791. The Kier molecular flexibility index (Phi) is 3.89. The van der Waals surface area contributed by atoms with Crippen LogP contribution in [0.2, 0.25) is 0 Å². The third kappa shape index (κ3) is 2.64. The molecule has 0 spiro atoms. The van der Waals surface area contributed by atoms with Crippen molar-refractivity contribution in [2.24, 2.45) is 13.0 Å². The maximum atomic E-state index is 12.2. The minimum Gasteiger partial charge on any atom is -0.340 e. The number of amides is 1. The smallest absolute Gasteiger partial charge is 0.257 e. The van der Waals surface area contributed by atoms with Crippen LogP contribution in [0.25, 0.3) is 0 Å². The van der Waals surface area contributed by atoms with Crippen molar-refractivity contribution in [2.45, 2.75) is 20.8 Å². The van der Waals surface area contributed by atoms with E-state index in [-0.39, 0.29) is 11.8 Å². The summed E-state index contributed by atoms with van der Waals surface area (Å²) < 4.78 is 1.70. The van der Waals surface area contributed by atoms with Gasteiger partial charge in [-0.25, -0.2) is 0 Å². The van der Waals surface area contributed by atoms with Crippen LogP contribution in [0.4, 0.5) is 0 Å². The molecule has 92 valence electrons. The third-order valence-electron chi connectivity index (χ3n) is 2.84. The molecule has 1 rings (SSSR count). The van der Waals surface area contributed by atoms with Crippen LogP contribution in [-0.2, 0) is 7.05 Å². The van der Waals surface area contributed by atoms with Crippen LogP contribution >= 0.6 is 0 Å². The molecular weight excluding hydrogens is 216 g/mol. The fraction of sp³-hybridized carbons (Fsp3) is 0.583. The van der Waals surface area contributed by atoms with E-state index < -0.39 is 0 Å². The van der Waals surface area contributed by atoms with Crippen molar-refractivity contribution < 1.29 is 4.79 Å². The third-order valence-corrected chi connectivity index (χ3v) is 2.84. The molecule has 0 saturated carbocycles. The highest BCUT2D eigenvalue weighted by Crippen LogP contribution is 2.14. The number of rotatable bonds is 3. The predicted octanol–water partition coefficient (Wildman–Crippen LogP) is 1.27. The molecule has 0 N–H and O–H groups in total. The van der Waals surface area contributed by atoms with E-state index in [4.69, 9.17) is 5.26 Å². The molecule has 1 atom stereocenters. The molecule has 1 unspecified atom stereocenters. The van der Waals surface area contributed by atoms with E-state index >= 15 is 0 Å². The van der Waals surface area contributed by atoms with Crippen molar-refractivity contribution in [1.29, 1.82) is 5.26 Å². The zero-order chi connectivity index (χ0) is 13.2. The number of aromatic nitrogens is 2. The van der Waals surface area contributed by atoms with Crippen LogP contribution in [0.15, 0.2) is 0 Å². The average molecular weight is 234 g/mol. The van der Waals surface area contributed by atoms with Crippen LogP contribution in [0.5, 0.6) is 0 Å². The van der Waals surface area contributed by atoms with E-state index in [1.54, 1.807) is 23.6 Å². The Bertz CT molecular complexity index is 470. The number of hydrogen-bond acceptors (Lipinski definition) is 3. The fourth-order valence-corrected chi connectivity index (χ4v) is 1.81. The molecule has 1 aromatic heterocycles. The lowest BCUT2D eigenvalue weighted by Gasteiger charge is -2.18. The fourth-order valence-electron chi connectivity index (χ4n) is 1.81. The van der Waals surface area contributed by atoms with Crippen molar-refractivity contribution in [3.05, 3.63) is 17.0 Å². The topological polar surface area (TPSA) is 61.9 Å². The van der Waals surface area contributed by atoms with Crippen LogP contribution in [0.1, 0.15) is 28.7 Å². The Balaban J connectivity index is 2.94. The molecular formula is C12H18N4O. The van der Waals surface area contributed by atoms with Crippen LogP contribution in [-0.4, -0.2) is 34.2 Å². The minimum absolute atomic E-state index is 0.0739. The highest BCUT2D eigenvalue weighted by molar-refractivity contribution is 5.96. The van der Waals surface area contributed by atoms with Gasteiger partial charge in [0.05, 0.1) is 23.2 Å². The molecule has 17 heavy (non-hydrogen) atoms. The molecule has 0 aliphatic carbocycles. The van der Waals surface area contributed by atoms with Crippen molar-refractivity contribution >= 4 is 5.91 Å². The van der Waals surface area contributed by atoms with Gasteiger partial charge >= 0.3 is 0 Å². The predicted molar refractivity (Wildman–Crippen MR) is 64.4 cm³/mol. The van der Waals surface area contributed by atoms with Gasteiger partial charge in [0.25, 0.3) is 5.91 Å². The SMILES string of the molecule is Cc1nn(C)c(C)c1C(=O)N(C)CC(C)C#N. The molecule has 0 radical (unpaired) electrons. The summed E-state index contributed by atoms with van der Waals surface area (Å²) in [6, 6.07) is 2.12. The van der Waals surface area contributed by atoms with Gasteiger partial charge in [-0.05, 0) is 20.8 Å². The molecule has 1 aromatic rings. The van der Waals surface area contributed by atoms with Gasteiger partial charge in [-0.3, -0.25) is 9.48 Å². The van der Waals surface area contributed by atoms with Crippen molar-refractivity contribution in [3.63, 3.8) is 0 Å². The lowest BCUT2D eigenvalue weighted by Crippen LogP contribution is -2.31. The van der Waals surface area contributed by atoms with Gasteiger partial charge in [-0.1, -0.05) is 0 Å². The monoisotopic (exact) mass is 234 g/mol. The molecule has 0 bridgehead atoms. The van der Waals surface area contributed by atoms with Crippen molar-refractivity contribution in [3.8, 4) is 6.07 Å².